The maximum atomic E-state index is 15.1. The normalized spacial score (nSPS) is 28.4. The topological polar surface area (TPSA) is 58.6 Å². The van der Waals surface area contributed by atoms with Crippen LogP contribution in [0.25, 0.3) is 0 Å². The van der Waals surface area contributed by atoms with Gasteiger partial charge in [-0.15, -0.1) is 0 Å². The lowest BCUT2D eigenvalue weighted by Gasteiger charge is -2.48. The maximum Gasteiger partial charge on any atom is 0.250 e. The van der Waals surface area contributed by atoms with Crippen molar-refractivity contribution in [1.29, 1.82) is 0 Å². The van der Waals surface area contributed by atoms with Gasteiger partial charge in [0.05, 0.1) is 5.56 Å². The van der Waals surface area contributed by atoms with Gasteiger partial charge in [-0.25, -0.2) is 0 Å². The van der Waals surface area contributed by atoms with Gasteiger partial charge in [-0.05, 0) is 48.2 Å². The molecule has 1 N–H and O–H groups in total. The van der Waals surface area contributed by atoms with Crippen LogP contribution in [0.15, 0.2) is 97.1 Å². The fraction of sp³-hybridized carbons (Fsp3) is 0.235. The predicted molar refractivity (Wildman–Crippen MR) is 149 cm³/mol. The summed E-state index contributed by atoms with van der Waals surface area (Å²) in [5.41, 5.74) is 4.51. The summed E-state index contributed by atoms with van der Waals surface area (Å²) in [5, 5.41) is 3.20. The molecule has 0 bridgehead atoms. The minimum Gasteiger partial charge on any atom is -0.492 e. The van der Waals surface area contributed by atoms with Crippen LogP contribution in [0.5, 0.6) is 5.75 Å². The quantitative estimate of drug-likeness (QED) is 0.359. The molecule has 4 aromatic carbocycles. The van der Waals surface area contributed by atoms with Crippen LogP contribution in [0.4, 0.5) is 5.69 Å². The van der Waals surface area contributed by atoms with Gasteiger partial charge in [0.1, 0.15) is 23.3 Å². The van der Waals surface area contributed by atoms with Gasteiger partial charge in [0.2, 0.25) is 0 Å². The number of amides is 1. The van der Waals surface area contributed by atoms with Crippen molar-refractivity contribution in [3.05, 3.63) is 130 Å². The number of benzene rings is 4. The maximum absolute atomic E-state index is 15.1. The first-order valence-corrected chi connectivity index (χ1v) is 13.6. The van der Waals surface area contributed by atoms with Crippen molar-refractivity contribution in [3.63, 3.8) is 0 Å². The van der Waals surface area contributed by atoms with Gasteiger partial charge >= 0.3 is 0 Å². The van der Waals surface area contributed by atoms with Crippen LogP contribution in [-0.2, 0) is 23.3 Å². The van der Waals surface area contributed by atoms with Crippen LogP contribution in [0, 0.1) is 12.3 Å². The number of hydrogen-bond acceptors (Lipinski definition) is 4. The SMILES string of the molecule is Cc1ccc([C@H]2[C@@H]3Cc4ccccc4CN3[C@@]3(C(=O)Nc4ccccc43)[C@@]23COc2ccccc2C3=O)cc1. The third kappa shape index (κ3) is 2.73. The van der Waals surface area contributed by atoms with Gasteiger partial charge in [0.15, 0.2) is 5.78 Å². The van der Waals surface area contributed by atoms with Crippen LogP contribution < -0.4 is 10.1 Å². The van der Waals surface area contributed by atoms with E-state index in [0.717, 1.165) is 28.8 Å². The number of ether oxygens (including phenoxy) is 1. The van der Waals surface area contributed by atoms with E-state index in [4.69, 9.17) is 4.74 Å². The Labute approximate surface area is 227 Å². The second-order valence-electron chi connectivity index (χ2n) is 11.4. The average molecular weight is 513 g/mol. The smallest absolute Gasteiger partial charge is 0.250 e. The third-order valence-electron chi connectivity index (χ3n) is 9.60. The summed E-state index contributed by atoms with van der Waals surface area (Å²) in [4.78, 5) is 32.1. The van der Waals surface area contributed by atoms with Gasteiger partial charge in [-0.3, -0.25) is 14.5 Å². The molecule has 1 saturated heterocycles. The summed E-state index contributed by atoms with van der Waals surface area (Å²) in [5.74, 6) is 0.175. The molecule has 4 aliphatic rings. The van der Waals surface area contributed by atoms with E-state index in [1.807, 2.05) is 48.5 Å². The van der Waals surface area contributed by atoms with Crippen molar-refractivity contribution in [2.24, 2.45) is 5.41 Å². The lowest BCUT2D eigenvalue weighted by atomic mass is 9.56. The predicted octanol–water partition coefficient (Wildman–Crippen LogP) is 5.63. The Morgan fingerprint density at radius 3 is 2.41 bits per heavy atom. The van der Waals surface area contributed by atoms with E-state index >= 15 is 4.79 Å². The Balaban J connectivity index is 1.48. The highest BCUT2D eigenvalue weighted by Gasteiger charge is 2.78. The zero-order valence-corrected chi connectivity index (χ0v) is 21.7. The molecule has 5 nitrogen and oxygen atoms in total. The molecule has 39 heavy (non-hydrogen) atoms. The third-order valence-corrected chi connectivity index (χ3v) is 9.60. The van der Waals surface area contributed by atoms with E-state index in [0.29, 0.717) is 17.9 Å². The summed E-state index contributed by atoms with van der Waals surface area (Å²) >= 11 is 0. The molecule has 1 fully saturated rings. The number of nitrogens with one attached hydrogen (secondary N) is 1. The van der Waals surface area contributed by atoms with Crippen molar-refractivity contribution in [3.8, 4) is 5.75 Å². The zero-order chi connectivity index (χ0) is 26.4. The Kier molecular flexibility index (Phi) is 4.61. The molecule has 4 aliphatic heterocycles. The number of rotatable bonds is 1. The van der Waals surface area contributed by atoms with E-state index in [1.54, 1.807) is 0 Å². The first-order valence-electron chi connectivity index (χ1n) is 13.6. The summed E-state index contributed by atoms with van der Waals surface area (Å²) in [6, 6.07) is 32.3. The van der Waals surface area contributed by atoms with Crippen LogP contribution in [0.3, 0.4) is 0 Å². The summed E-state index contributed by atoms with van der Waals surface area (Å²) in [7, 11) is 0. The van der Waals surface area contributed by atoms with E-state index in [1.165, 1.54) is 11.1 Å². The Morgan fingerprint density at radius 2 is 1.56 bits per heavy atom. The summed E-state index contributed by atoms with van der Waals surface area (Å²) in [6.45, 7) is 2.79. The minimum atomic E-state index is -1.22. The second kappa shape index (κ2) is 7.90. The largest absolute Gasteiger partial charge is 0.492 e. The molecule has 4 heterocycles. The van der Waals surface area contributed by atoms with E-state index in [9.17, 15) is 4.79 Å². The number of carbonyl (C=O) groups excluding carboxylic acids is 2. The number of hydrogen-bond donors (Lipinski definition) is 1. The van der Waals surface area contributed by atoms with E-state index in [-0.39, 0.29) is 30.3 Å². The Hall–Kier alpha value is -4.22. The number of fused-ring (bicyclic) bond motifs is 7. The first-order chi connectivity index (χ1) is 19.1. The molecule has 192 valence electrons. The van der Waals surface area contributed by atoms with Gasteiger partial charge in [-0.2, -0.15) is 0 Å². The molecular formula is C34H28N2O3. The molecule has 0 aliphatic carbocycles. The lowest BCUT2D eigenvalue weighted by molar-refractivity contribution is -0.134. The Bertz CT molecular complexity index is 1680. The molecule has 4 aromatic rings. The highest BCUT2D eigenvalue weighted by atomic mass is 16.5. The number of anilines is 1. The molecule has 8 rings (SSSR count). The molecule has 1 amide bonds. The van der Waals surface area contributed by atoms with Crippen LogP contribution in [0.1, 0.15) is 44.1 Å². The Morgan fingerprint density at radius 1 is 0.846 bits per heavy atom. The standard InChI is InChI=1S/C34H28N2O3/c1-21-14-16-22(17-15-21)30-28-18-23-8-2-3-9-24(23)19-36(28)34(26-11-5-6-12-27(26)35-32(34)38)33(30)20-39-29-13-7-4-10-25(29)31(33)37/h2-17,28,30H,18-20H2,1H3,(H,35,38)/t28-,30-,33-,34-/m0/s1. The molecular weight excluding hydrogens is 484 g/mol. The number of nitrogens with zero attached hydrogens (tertiary/aromatic N) is 1. The highest BCUT2D eigenvalue weighted by molar-refractivity contribution is 6.15. The fourth-order valence-electron chi connectivity index (χ4n) is 8.05. The first kappa shape index (κ1) is 22.7. The monoisotopic (exact) mass is 512 g/mol. The minimum absolute atomic E-state index is 0.0137. The van der Waals surface area contributed by atoms with Crippen molar-refractivity contribution >= 4 is 17.4 Å². The van der Waals surface area contributed by atoms with Crippen LogP contribution in [0.2, 0.25) is 0 Å². The number of para-hydroxylation sites is 2. The fourth-order valence-corrected chi connectivity index (χ4v) is 8.05. The number of ketones is 1. The van der Waals surface area contributed by atoms with Crippen molar-refractivity contribution < 1.29 is 14.3 Å². The van der Waals surface area contributed by atoms with Crippen LogP contribution >= 0.6 is 0 Å². The lowest BCUT2D eigenvalue weighted by Crippen LogP contribution is -2.63. The number of carbonyl (C=O) groups is 2. The van der Waals surface area contributed by atoms with Gasteiger partial charge in [0.25, 0.3) is 5.91 Å². The van der Waals surface area contributed by atoms with Gasteiger partial charge < -0.3 is 10.1 Å². The van der Waals surface area contributed by atoms with Crippen molar-refractivity contribution in [2.75, 3.05) is 11.9 Å². The van der Waals surface area contributed by atoms with E-state index < -0.39 is 11.0 Å². The number of Topliss-reactive ketones (excluding diaryl/α,β-unsaturated/α-hetero) is 1. The summed E-state index contributed by atoms with van der Waals surface area (Å²) in [6.07, 6.45) is 0.753. The van der Waals surface area contributed by atoms with Crippen molar-refractivity contribution in [2.45, 2.75) is 37.4 Å². The summed E-state index contributed by atoms with van der Waals surface area (Å²) < 4.78 is 6.51. The molecule has 0 saturated carbocycles. The van der Waals surface area contributed by atoms with Gasteiger partial charge in [-0.1, -0.05) is 84.4 Å². The second-order valence-corrected chi connectivity index (χ2v) is 11.4. The zero-order valence-electron chi connectivity index (χ0n) is 21.7. The van der Waals surface area contributed by atoms with Crippen molar-refractivity contribution in [1.82, 2.24) is 4.90 Å². The molecule has 4 atom stereocenters. The van der Waals surface area contributed by atoms with E-state index in [2.05, 4.69) is 65.7 Å². The number of aryl methyl sites for hydroxylation is 1. The van der Waals surface area contributed by atoms with Crippen LogP contribution in [-0.4, -0.2) is 29.2 Å². The molecule has 5 heteroatoms. The molecule has 0 aromatic heterocycles. The molecule has 0 unspecified atom stereocenters. The highest BCUT2D eigenvalue weighted by Crippen LogP contribution is 2.68. The molecule has 2 spiro atoms. The molecule has 0 radical (unpaired) electrons. The average Bonchev–Trinajstić information content (AvgIpc) is 3.40. The van der Waals surface area contributed by atoms with Gasteiger partial charge in [0, 0.05) is 29.8 Å².